The highest BCUT2D eigenvalue weighted by Gasteiger charge is 1.98. The smallest absolute Gasteiger partial charge is 0.0599 e. The van der Waals surface area contributed by atoms with Gasteiger partial charge in [0.05, 0.1) is 6.61 Å². The first-order chi connectivity index (χ1) is 6.22. The molecule has 0 bridgehead atoms. The topological polar surface area (TPSA) is 58.3 Å². The van der Waals surface area contributed by atoms with Crippen LogP contribution in [0.4, 0.5) is 5.69 Å². The molecular formula is C9H13BrN2O. The first-order valence-corrected chi connectivity index (χ1v) is 4.87. The van der Waals surface area contributed by atoms with Gasteiger partial charge in [-0.05, 0) is 24.3 Å². The van der Waals surface area contributed by atoms with Crippen LogP contribution in [0.5, 0.6) is 0 Å². The maximum Gasteiger partial charge on any atom is 0.0599 e. The van der Waals surface area contributed by atoms with E-state index in [1.54, 1.807) is 0 Å². The van der Waals surface area contributed by atoms with Gasteiger partial charge < -0.3 is 16.2 Å². The van der Waals surface area contributed by atoms with Crippen LogP contribution >= 0.6 is 15.9 Å². The molecule has 0 saturated carbocycles. The van der Waals surface area contributed by atoms with Gasteiger partial charge in [-0.25, -0.2) is 0 Å². The van der Waals surface area contributed by atoms with Crippen LogP contribution in [0.15, 0.2) is 28.7 Å². The summed E-state index contributed by atoms with van der Waals surface area (Å²) in [5.41, 5.74) is 6.54. The average molecular weight is 245 g/mol. The van der Waals surface area contributed by atoms with Crippen molar-refractivity contribution in [3.8, 4) is 0 Å². The lowest BCUT2D eigenvalue weighted by Gasteiger charge is -2.10. The van der Waals surface area contributed by atoms with E-state index in [9.17, 15) is 0 Å². The highest BCUT2D eigenvalue weighted by molar-refractivity contribution is 9.10. The van der Waals surface area contributed by atoms with Crippen molar-refractivity contribution in [3.63, 3.8) is 0 Å². The number of nitrogens with two attached hydrogens (primary N) is 1. The van der Waals surface area contributed by atoms with E-state index in [-0.39, 0.29) is 12.6 Å². The van der Waals surface area contributed by atoms with Crippen molar-refractivity contribution < 1.29 is 5.11 Å². The summed E-state index contributed by atoms with van der Waals surface area (Å²) in [6.07, 6.45) is 0. The molecular weight excluding hydrogens is 232 g/mol. The third kappa shape index (κ3) is 3.76. The van der Waals surface area contributed by atoms with Gasteiger partial charge in [0, 0.05) is 22.7 Å². The molecule has 13 heavy (non-hydrogen) atoms. The zero-order valence-corrected chi connectivity index (χ0v) is 8.79. The third-order valence-electron chi connectivity index (χ3n) is 1.65. The number of benzene rings is 1. The van der Waals surface area contributed by atoms with Crippen LogP contribution in [-0.4, -0.2) is 24.3 Å². The Hall–Kier alpha value is -0.580. The zero-order valence-electron chi connectivity index (χ0n) is 7.20. The van der Waals surface area contributed by atoms with E-state index in [1.807, 2.05) is 24.3 Å². The maximum absolute atomic E-state index is 8.68. The molecule has 0 aliphatic carbocycles. The van der Waals surface area contributed by atoms with E-state index in [0.717, 1.165) is 10.2 Å². The lowest BCUT2D eigenvalue weighted by Crippen LogP contribution is -2.32. The Morgan fingerprint density at radius 2 is 2.00 bits per heavy atom. The predicted octanol–water partition coefficient (Wildman–Crippen LogP) is 1.18. The highest BCUT2D eigenvalue weighted by Crippen LogP contribution is 2.13. The molecule has 0 aliphatic heterocycles. The van der Waals surface area contributed by atoms with E-state index < -0.39 is 0 Å². The van der Waals surface area contributed by atoms with Gasteiger partial charge in [0.2, 0.25) is 0 Å². The molecule has 0 spiro atoms. The zero-order chi connectivity index (χ0) is 9.68. The second kappa shape index (κ2) is 5.21. The minimum Gasteiger partial charge on any atom is -0.395 e. The van der Waals surface area contributed by atoms with Crippen LogP contribution in [0.3, 0.4) is 0 Å². The average Bonchev–Trinajstić information content (AvgIpc) is 2.16. The molecule has 0 fully saturated rings. The van der Waals surface area contributed by atoms with Gasteiger partial charge >= 0.3 is 0 Å². The molecule has 1 aromatic rings. The quantitative estimate of drug-likeness (QED) is 0.746. The van der Waals surface area contributed by atoms with Gasteiger partial charge in [-0.15, -0.1) is 0 Å². The number of aliphatic hydroxyl groups is 1. The Kier molecular flexibility index (Phi) is 4.21. The predicted molar refractivity (Wildman–Crippen MR) is 57.7 cm³/mol. The van der Waals surface area contributed by atoms with Crippen LogP contribution in [0, 0.1) is 0 Å². The first-order valence-electron chi connectivity index (χ1n) is 4.08. The molecule has 3 nitrogen and oxygen atoms in total. The van der Waals surface area contributed by atoms with Crippen LogP contribution in [0.1, 0.15) is 0 Å². The summed E-state index contributed by atoms with van der Waals surface area (Å²) in [6.45, 7) is 0.585. The fraction of sp³-hybridized carbons (Fsp3) is 0.333. The van der Waals surface area contributed by atoms with Crippen molar-refractivity contribution in [2.75, 3.05) is 18.5 Å². The van der Waals surface area contributed by atoms with Gasteiger partial charge in [0.1, 0.15) is 0 Å². The molecule has 1 unspecified atom stereocenters. The molecule has 0 saturated heterocycles. The fourth-order valence-corrected chi connectivity index (χ4v) is 1.15. The lowest BCUT2D eigenvalue weighted by atomic mass is 10.3. The van der Waals surface area contributed by atoms with Gasteiger partial charge in [-0.2, -0.15) is 0 Å². The van der Waals surface area contributed by atoms with E-state index in [4.69, 9.17) is 10.8 Å². The summed E-state index contributed by atoms with van der Waals surface area (Å²) in [6, 6.07) is 7.60. The van der Waals surface area contributed by atoms with Crippen molar-refractivity contribution in [2.24, 2.45) is 5.73 Å². The van der Waals surface area contributed by atoms with Crippen molar-refractivity contribution in [3.05, 3.63) is 28.7 Å². The van der Waals surface area contributed by atoms with E-state index in [2.05, 4.69) is 21.2 Å². The minimum absolute atomic E-state index is 0.00350. The normalized spacial score (nSPS) is 12.5. The van der Waals surface area contributed by atoms with Crippen molar-refractivity contribution in [1.29, 1.82) is 0 Å². The molecule has 72 valence electrons. The molecule has 0 amide bonds. The van der Waals surface area contributed by atoms with Crippen molar-refractivity contribution in [1.82, 2.24) is 0 Å². The molecule has 1 rings (SSSR count). The third-order valence-corrected chi connectivity index (χ3v) is 2.18. The number of aliphatic hydroxyl groups excluding tert-OH is 1. The standard InChI is InChI=1S/C9H13BrN2O/c10-7-1-3-9(4-2-7)12-5-8(11)6-13/h1-4,8,12-13H,5-6,11H2. The number of hydrogen-bond donors (Lipinski definition) is 3. The summed E-state index contributed by atoms with van der Waals surface area (Å²) < 4.78 is 1.05. The monoisotopic (exact) mass is 244 g/mol. The number of halogens is 1. The molecule has 1 aromatic carbocycles. The molecule has 4 N–H and O–H groups in total. The fourth-order valence-electron chi connectivity index (χ4n) is 0.881. The van der Waals surface area contributed by atoms with Gasteiger partial charge in [0.25, 0.3) is 0 Å². The Labute approximate surface area is 86.1 Å². The Balaban J connectivity index is 2.41. The maximum atomic E-state index is 8.68. The SMILES string of the molecule is NC(CO)CNc1ccc(Br)cc1. The summed E-state index contributed by atoms with van der Waals surface area (Å²) >= 11 is 3.35. The van der Waals surface area contributed by atoms with Crippen molar-refractivity contribution in [2.45, 2.75) is 6.04 Å². The van der Waals surface area contributed by atoms with E-state index in [1.165, 1.54) is 0 Å². The molecule has 4 heteroatoms. The Bertz CT molecular complexity index is 250. The second-order valence-corrected chi connectivity index (χ2v) is 3.75. The van der Waals surface area contributed by atoms with E-state index >= 15 is 0 Å². The summed E-state index contributed by atoms with van der Waals surface area (Å²) in [4.78, 5) is 0. The number of hydrogen-bond acceptors (Lipinski definition) is 3. The number of anilines is 1. The molecule has 0 aromatic heterocycles. The van der Waals surface area contributed by atoms with Crippen LogP contribution in [-0.2, 0) is 0 Å². The van der Waals surface area contributed by atoms with Gasteiger partial charge in [-0.1, -0.05) is 15.9 Å². The molecule has 0 aliphatic rings. The summed E-state index contributed by atoms with van der Waals surface area (Å²) in [5.74, 6) is 0. The molecule has 0 heterocycles. The van der Waals surface area contributed by atoms with Gasteiger partial charge in [-0.3, -0.25) is 0 Å². The van der Waals surface area contributed by atoms with Crippen LogP contribution in [0.2, 0.25) is 0 Å². The van der Waals surface area contributed by atoms with Gasteiger partial charge in [0.15, 0.2) is 0 Å². The van der Waals surface area contributed by atoms with Crippen LogP contribution < -0.4 is 11.1 Å². The number of rotatable bonds is 4. The first kappa shape index (κ1) is 10.5. The molecule has 0 radical (unpaired) electrons. The largest absolute Gasteiger partial charge is 0.395 e. The summed E-state index contributed by atoms with van der Waals surface area (Å²) in [5, 5.41) is 11.8. The number of nitrogens with one attached hydrogen (secondary N) is 1. The lowest BCUT2D eigenvalue weighted by molar-refractivity contribution is 0.270. The Morgan fingerprint density at radius 1 is 1.38 bits per heavy atom. The van der Waals surface area contributed by atoms with Crippen molar-refractivity contribution >= 4 is 21.6 Å². The molecule has 1 atom stereocenters. The summed E-state index contributed by atoms with van der Waals surface area (Å²) in [7, 11) is 0. The second-order valence-electron chi connectivity index (χ2n) is 2.83. The van der Waals surface area contributed by atoms with Crippen LogP contribution in [0.25, 0.3) is 0 Å². The van der Waals surface area contributed by atoms with E-state index in [0.29, 0.717) is 6.54 Å². The highest BCUT2D eigenvalue weighted by atomic mass is 79.9. The minimum atomic E-state index is -0.205. The Morgan fingerprint density at radius 3 is 2.54 bits per heavy atom.